The lowest BCUT2D eigenvalue weighted by molar-refractivity contribution is 0.269. The molecule has 0 radical (unpaired) electrons. The molecule has 21 heavy (non-hydrogen) atoms. The first-order valence-corrected chi connectivity index (χ1v) is 7.27. The summed E-state index contributed by atoms with van der Waals surface area (Å²) in [7, 11) is 1.67. The van der Waals surface area contributed by atoms with Gasteiger partial charge < -0.3 is 14.8 Å². The van der Waals surface area contributed by atoms with Crippen molar-refractivity contribution >= 4 is 5.69 Å². The van der Waals surface area contributed by atoms with Crippen LogP contribution in [0.2, 0.25) is 0 Å². The number of rotatable bonds is 7. The third-order valence-electron chi connectivity index (χ3n) is 3.10. The summed E-state index contributed by atoms with van der Waals surface area (Å²) in [5, 5.41) is 3.40. The van der Waals surface area contributed by atoms with Crippen molar-refractivity contribution in [2.45, 2.75) is 20.4 Å². The molecular formula is C18H23NO2. The minimum absolute atomic E-state index is 0.518. The van der Waals surface area contributed by atoms with E-state index < -0.39 is 0 Å². The van der Waals surface area contributed by atoms with E-state index in [1.807, 2.05) is 42.5 Å². The maximum absolute atomic E-state index is 5.87. The van der Waals surface area contributed by atoms with Crippen molar-refractivity contribution in [2.75, 3.05) is 19.0 Å². The van der Waals surface area contributed by atoms with Crippen LogP contribution in [0, 0.1) is 5.92 Å². The fourth-order valence-corrected chi connectivity index (χ4v) is 1.98. The normalized spacial score (nSPS) is 10.5. The van der Waals surface area contributed by atoms with Crippen LogP contribution in [0.1, 0.15) is 19.4 Å². The van der Waals surface area contributed by atoms with Gasteiger partial charge >= 0.3 is 0 Å². The van der Waals surface area contributed by atoms with Crippen LogP contribution < -0.4 is 14.8 Å². The average Bonchev–Trinajstić information content (AvgIpc) is 2.52. The molecule has 3 nitrogen and oxygen atoms in total. The van der Waals surface area contributed by atoms with Gasteiger partial charge in [-0.1, -0.05) is 38.1 Å². The van der Waals surface area contributed by atoms with Gasteiger partial charge in [-0.2, -0.15) is 0 Å². The maximum Gasteiger partial charge on any atom is 0.124 e. The predicted molar refractivity (Wildman–Crippen MR) is 87.1 cm³/mol. The van der Waals surface area contributed by atoms with Gasteiger partial charge in [0, 0.05) is 23.9 Å². The quantitative estimate of drug-likeness (QED) is 0.820. The summed E-state index contributed by atoms with van der Waals surface area (Å²) in [6.07, 6.45) is 0. The van der Waals surface area contributed by atoms with E-state index in [2.05, 4.69) is 25.2 Å². The molecule has 0 aromatic heterocycles. The Kier molecular flexibility index (Phi) is 5.50. The van der Waals surface area contributed by atoms with Gasteiger partial charge in [-0.25, -0.2) is 0 Å². The molecular weight excluding hydrogens is 262 g/mol. The van der Waals surface area contributed by atoms with Crippen LogP contribution >= 0.6 is 0 Å². The monoisotopic (exact) mass is 285 g/mol. The Morgan fingerprint density at radius 1 is 1.05 bits per heavy atom. The van der Waals surface area contributed by atoms with Gasteiger partial charge in [0.05, 0.1) is 13.7 Å². The Labute approximate surface area is 126 Å². The van der Waals surface area contributed by atoms with Gasteiger partial charge in [0.1, 0.15) is 11.5 Å². The molecule has 2 aromatic carbocycles. The Bertz CT molecular complexity index is 567. The van der Waals surface area contributed by atoms with Crippen LogP contribution in [0.5, 0.6) is 11.5 Å². The zero-order chi connectivity index (χ0) is 15.1. The molecule has 1 N–H and O–H groups in total. The Morgan fingerprint density at radius 2 is 1.86 bits per heavy atom. The molecule has 0 bridgehead atoms. The molecule has 112 valence electrons. The van der Waals surface area contributed by atoms with E-state index in [-0.39, 0.29) is 0 Å². The Hall–Kier alpha value is -2.16. The summed E-state index contributed by atoms with van der Waals surface area (Å²) < 4.78 is 11.1. The summed E-state index contributed by atoms with van der Waals surface area (Å²) in [5.41, 5.74) is 2.19. The molecule has 0 fully saturated rings. The highest BCUT2D eigenvalue weighted by atomic mass is 16.5. The Balaban J connectivity index is 2.02. The van der Waals surface area contributed by atoms with Crippen molar-refractivity contribution in [1.82, 2.24) is 0 Å². The summed E-state index contributed by atoms with van der Waals surface area (Å²) in [6, 6.07) is 16.1. The highest BCUT2D eigenvalue weighted by Crippen LogP contribution is 2.22. The first kappa shape index (κ1) is 15.2. The molecule has 0 spiro atoms. The van der Waals surface area contributed by atoms with Crippen molar-refractivity contribution in [3.05, 3.63) is 54.1 Å². The standard InChI is InChI=1S/C18H23NO2/c1-14(2)13-21-18-10-5-4-7-15(18)12-19-16-8-6-9-17(11-16)20-3/h4-11,14,19H,12-13H2,1-3H3. The molecule has 3 heteroatoms. The van der Waals surface area contributed by atoms with E-state index in [1.54, 1.807) is 7.11 Å². The molecule has 0 heterocycles. The van der Waals surface area contributed by atoms with Crippen LogP contribution in [0.4, 0.5) is 5.69 Å². The number of hydrogen-bond acceptors (Lipinski definition) is 3. The second-order valence-electron chi connectivity index (χ2n) is 5.40. The van der Waals surface area contributed by atoms with Gasteiger partial charge in [0.2, 0.25) is 0 Å². The molecule has 0 saturated heterocycles. The van der Waals surface area contributed by atoms with Crippen LogP contribution in [0.3, 0.4) is 0 Å². The third kappa shape index (κ3) is 4.71. The van der Waals surface area contributed by atoms with E-state index in [0.717, 1.165) is 35.9 Å². The van der Waals surface area contributed by atoms with Crippen molar-refractivity contribution in [2.24, 2.45) is 5.92 Å². The number of para-hydroxylation sites is 1. The molecule has 0 aliphatic heterocycles. The largest absolute Gasteiger partial charge is 0.497 e. The van der Waals surface area contributed by atoms with Gasteiger partial charge in [0.15, 0.2) is 0 Å². The third-order valence-corrected chi connectivity index (χ3v) is 3.10. The first-order chi connectivity index (χ1) is 10.2. The van der Waals surface area contributed by atoms with Crippen LogP contribution in [-0.2, 0) is 6.54 Å². The highest BCUT2D eigenvalue weighted by molar-refractivity contribution is 5.49. The number of methoxy groups -OCH3 is 1. The lowest BCUT2D eigenvalue weighted by Crippen LogP contribution is -2.08. The second-order valence-corrected chi connectivity index (χ2v) is 5.40. The molecule has 0 amide bonds. The number of nitrogens with one attached hydrogen (secondary N) is 1. The SMILES string of the molecule is COc1cccc(NCc2ccccc2OCC(C)C)c1. The average molecular weight is 285 g/mol. The zero-order valence-corrected chi connectivity index (χ0v) is 12.9. The minimum Gasteiger partial charge on any atom is -0.497 e. The van der Waals surface area contributed by atoms with Gasteiger partial charge in [-0.3, -0.25) is 0 Å². The summed E-state index contributed by atoms with van der Waals surface area (Å²) in [5.74, 6) is 2.32. The lowest BCUT2D eigenvalue weighted by Gasteiger charge is -2.14. The van der Waals surface area contributed by atoms with Gasteiger partial charge in [-0.05, 0) is 24.1 Å². The molecule has 0 atom stereocenters. The summed E-state index contributed by atoms with van der Waals surface area (Å²) in [6.45, 7) is 5.76. The van der Waals surface area contributed by atoms with E-state index in [1.165, 1.54) is 0 Å². The smallest absolute Gasteiger partial charge is 0.124 e. The lowest BCUT2D eigenvalue weighted by atomic mass is 10.2. The van der Waals surface area contributed by atoms with E-state index in [9.17, 15) is 0 Å². The van der Waals surface area contributed by atoms with Crippen molar-refractivity contribution in [1.29, 1.82) is 0 Å². The molecule has 0 aliphatic carbocycles. The van der Waals surface area contributed by atoms with E-state index in [0.29, 0.717) is 5.92 Å². The van der Waals surface area contributed by atoms with Crippen LogP contribution in [-0.4, -0.2) is 13.7 Å². The minimum atomic E-state index is 0.518. The van der Waals surface area contributed by atoms with Crippen LogP contribution in [0.25, 0.3) is 0 Å². The summed E-state index contributed by atoms with van der Waals surface area (Å²) in [4.78, 5) is 0. The van der Waals surface area contributed by atoms with Crippen molar-refractivity contribution in [3.8, 4) is 11.5 Å². The van der Waals surface area contributed by atoms with Crippen molar-refractivity contribution in [3.63, 3.8) is 0 Å². The van der Waals surface area contributed by atoms with Gasteiger partial charge in [0.25, 0.3) is 0 Å². The molecule has 0 unspecified atom stereocenters. The van der Waals surface area contributed by atoms with Crippen molar-refractivity contribution < 1.29 is 9.47 Å². The number of benzene rings is 2. The Morgan fingerprint density at radius 3 is 2.62 bits per heavy atom. The molecule has 2 aromatic rings. The predicted octanol–water partition coefficient (Wildman–Crippen LogP) is 4.34. The van der Waals surface area contributed by atoms with Gasteiger partial charge in [-0.15, -0.1) is 0 Å². The van der Waals surface area contributed by atoms with E-state index in [4.69, 9.17) is 9.47 Å². The topological polar surface area (TPSA) is 30.5 Å². The fourth-order valence-electron chi connectivity index (χ4n) is 1.98. The maximum atomic E-state index is 5.87. The zero-order valence-electron chi connectivity index (χ0n) is 12.9. The first-order valence-electron chi connectivity index (χ1n) is 7.27. The number of hydrogen-bond donors (Lipinski definition) is 1. The molecule has 2 rings (SSSR count). The number of ether oxygens (including phenoxy) is 2. The van der Waals surface area contributed by atoms with E-state index >= 15 is 0 Å². The molecule has 0 saturated carbocycles. The number of anilines is 1. The molecule has 0 aliphatic rings. The summed E-state index contributed by atoms with van der Waals surface area (Å²) >= 11 is 0. The highest BCUT2D eigenvalue weighted by Gasteiger charge is 2.04. The second kappa shape index (κ2) is 7.58. The van der Waals surface area contributed by atoms with Crippen LogP contribution in [0.15, 0.2) is 48.5 Å². The fraction of sp³-hybridized carbons (Fsp3) is 0.333.